The predicted octanol–water partition coefficient (Wildman–Crippen LogP) is 1.54. The Bertz CT molecular complexity index is 423. The van der Waals surface area contributed by atoms with Crippen LogP contribution in [0.1, 0.15) is 17.7 Å². The van der Waals surface area contributed by atoms with E-state index < -0.39 is 0 Å². The van der Waals surface area contributed by atoms with E-state index in [2.05, 4.69) is 27.8 Å². The summed E-state index contributed by atoms with van der Waals surface area (Å²) in [6.45, 7) is 11.0. The van der Waals surface area contributed by atoms with Gasteiger partial charge in [0.15, 0.2) is 0 Å². The van der Waals surface area contributed by atoms with Crippen molar-refractivity contribution in [3.8, 4) is 0 Å². The first kappa shape index (κ1) is 14.0. The average Bonchev–Trinajstić information content (AvgIpc) is 2.96. The average molecular weight is 275 g/mol. The molecule has 0 amide bonds. The van der Waals surface area contributed by atoms with E-state index in [1.54, 1.807) is 0 Å². The number of nitrogens with zero attached hydrogens (tertiary/aromatic N) is 3. The van der Waals surface area contributed by atoms with Gasteiger partial charge in [0.25, 0.3) is 0 Å². The molecular formula is C16H25N3O. The first-order valence-corrected chi connectivity index (χ1v) is 7.74. The van der Waals surface area contributed by atoms with E-state index in [4.69, 9.17) is 4.74 Å². The minimum absolute atomic E-state index is 0.764. The van der Waals surface area contributed by atoms with Crippen LogP contribution in [-0.4, -0.2) is 60.7 Å². The molecule has 0 radical (unpaired) electrons. The van der Waals surface area contributed by atoms with Gasteiger partial charge >= 0.3 is 0 Å². The second-order valence-electron chi connectivity index (χ2n) is 6.07. The van der Waals surface area contributed by atoms with Crippen molar-refractivity contribution in [2.45, 2.75) is 19.9 Å². The zero-order chi connectivity index (χ0) is 13.8. The van der Waals surface area contributed by atoms with Crippen LogP contribution in [0.2, 0.25) is 0 Å². The predicted molar refractivity (Wildman–Crippen MR) is 79.6 cm³/mol. The van der Waals surface area contributed by atoms with Crippen LogP contribution in [0.5, 0.6) is 0 Å². The molecule has 0 bridgehead atoms. The molecule has 0 saturated carbocycles. The van der Waals surface area contributed by atoms with Crippen LogP contribution >= 0.6 is 0 Å². The number of piperazine rings is 1. The molecule has 0 spiro atoms. The molecule has 2 saturated heterocycles. The van der Waals surface area contributed by atoms with Gasteiger partial charge in [-0.2, -0.15) is 0 Å². The second kappa shape index (κ2) is 6.66. The third kappa shape index (κ3) is 3.57. The number of ether oxygens (including phenoxy) is 1. The van der Waals surface area contributed by atoms with Gasteiger partial charge in [-0.15, -0.1) is 0 Å². The molecule has 2 aliphatic rings. The maximum Gasteiger partial charge on any atom is 0.0573 e. The van der Waals surface area contributed by atoms with E-state index in [0.29, 0.717) is 0 Å². The Kier molecular flexibility index (Phi) is 4.65. The summed E-state index contributed by atoms with van der Waals surface area (Å²) in [6, 6.07) is 4.17. The molecule has 0 aromatic carbocycles. The number of pyridine rings is 1. The Hall–Kier alpha value is -0.970. The normalized spacial score (nSPS) is 25.1. The minimum Gasteiger partial charge on any atom is -0.381 e. The van der Waals surface area contributed by atoms with Crippen molar-refractivity contribution in [1.82, 2.24) is 14.8 Å². The van der Waals surface area contributed by atoms with Gasteiger partial charge in [-0.3, -0.25) is 9.88 Å². The first-order chi connectivity index (χ1) is 9.81. The van der Waals surface area contributed by atoms with Crippen LogP contribution in [0.25, 0.3) is 0 Å². The second-order valence-corrected chi connectivity index (χ2v) is 6.07. The minimum atomic E-state index is 0.764. The molecule has 2 aliphatic heterocycles. The summed E-state index contributed by atoms with van der Waals surface area (Å²) in [4.78, 5) is 9.63. The summed E-state index contributed by atoms with van der Waals surface area (Å²) in [6.07, 6.45) is 3.14. The number of hydrogen-bond acceptors (Lipinski definition) is 4. The number of hydrogen-bond donors (Lipinski definition) is 0. The lowest BCUT2D eigenvalue weighted by Crippen LogP contribution is -2.47. The SMILES string of the molecule is Cc1cccnc1CN1CCN(C[C@@H]2CCOC2)CC1. The third-order valence-electron chi connectivity index (χ3n) is 4.50. The highest BCUT2D eigenvalue weighted by Crippen LogP contribution is 2.16. The fourth-order valence-electron chi connectivity index (χ4n) is 3.12. The maximum absolute atomic E-state index is 5.47. The highest BCUT2D eigenvalue weighted by Gasteiger charge is 2.22. The molecule has 4 nitrogen and oxygen atoms in total. The van der Waals surface area contributed by atoms with Crippen molar-refractivity contribution in [3.63, 3.8) is 0 Å². The molecule has 110 valence electrons. The van der Waals surface area contributed by atoms with Gasteiger partial charge in [0.2, 0.25) is 0 Å². The van der Waals surface area contributed by atoms with Crippen LogP contribution in [0.3, 0.4) is 0 Å². The lowest BCUT2D eigenvalue weighted by molar-refractivity contribution is 0.106. The van der Waals surface area contributed by atoms with Gasteiger partial charge in [-0.05, 0) is 30.9 Å². The lowest BCUT2D eigenvalue weighted by Gasteiger charge is -2.35. The topological polar surface area (TPSA) is 28.6 Å². The van der Waals surface area contributed by atoms with Gasteiger partial charge in [0, 0.05) is 52.1 Å². The number of rotatable bonds is 4. The van der Waals surface area contributed by atoms with Crippen LogP contribution in [0.4, 0.5) is 0 Å². The van der Waals surface area contributed by atoms with E-state index >= 15 is 0 Å². The summed E-state index contributed by atoms with van der Waals surface area (Å²) in [5.41, 5.74) is 2.53. The molecule has 3 rings (SSSR count). The highest BCUT2D eigenvalue weighted by atomic mass is 16.5. The van der Waals surface area contributed by atoms with Crippen LogP contribution in [-0.2, 0) is 11.3 Å². The molecule has 2 fully saturated rings. The summed E-state index contributed by atoms with van der Waals surface area (Å²) < 4.78 is 5.47. The fraction of sp³-hybridized carbons (Fsp3) is 0.688. The van der Waals surface area contributed by atoms with Gasteiger partial charge in [0.1, 0.15) is 0 Å². The molecular weight excluding hydrogens is 250 g/mol. The maximum atomic E-state index is 5.47. The van der Waals surface area contributed by atoms with Gasteiger partial charge in [0.05, 0.1) is 12.3 Å². The molecule has 3 heterocycles. The van der Waals surface area contributed by atoms with Gasteiger partial charge < -0.3 is 9.64 Å². The van der Waals surface area contributed by atoms with E-state index in [9.17, 15) is 0 Å². The fourth-order valence-corrected chi connectivity index (χ4v) is 3.12. The zero-order valence-corrected chi connectivity index (χ0v) is 12.4. The summed E-state index contributed by atoms with van der Waals surface area (Å²) in [5.74, 6) is 0.764. The summed E-state index contributed by atoms with van der Waals surface area (Å²) in [5, 5.41) is 0. The van der Waals surface area contributed by atoms with Crippen molar-refractivity contribution in [1.29, 1.82) is 0 Å². The van der Waals surface area contributed by atoms with Crippen molar-refractivity contribution in [2.24, 2.45) is 5.92 Å². The Balaban J connectivity index is 1.45. The Morgan fingerprint density at radius 3 is 2.75 bits per heavy atom. The molecule has 1 aromatic rings. The highest BCUT2D eigenvalue weighted by molar-refractivity contribution is 5.17. The quantitative estimate of drug-likeness (QED) is 0.833. The largest absolute Gasteiger partial charge is 0.381 e. The van der Waals surface area contributed by atoms with E-state index in [1.165, 1.54) is 37.3 Å². The van der Waals surface area contributed by atoms with Crippen LogP contribution < -0.4 is 0 Å². The molecule has 4 heteroatoms. The van der Waals surface area contributed by atoms with E-state index in [1.807, 2.05) is 12.3 Å². The number of aryl methyl sites for hydroxylation is 1. The zero-order valence-electron chi connectivity index (χ0n) is 12.4. The van der Waals surface area contributed by atoms with Crippen LogP contribution in [0.15, 0.2) is 18.3 Å². The molecule has 1 aromatic heterocycles. The van der Waals surface area contributed by atoms with Crippen LogP contribution in [0, 0.1) is 12.8 Å². The summed E-state index contributed by atoms with van der Waals surface area (Å²) >= 11 is 0. The van der Waals surface area contributed by atoms with E-state index in [0.717, 1.165) is 38.8 Å². The molecule has 0 unspecified atom stereocenters. The van der Waals surface area contributed by atoms with Crippen molar-refractivity contribution in [2.75, 3.05) is 45.9 Å². The number of aromatic nitrogens is 1. The van der Waals surface area contributed by atoms with Crippen molar-refractivity contribution in [3.05, 3.63) is 29.6 Å². The monoisotopic (exact) mass is 275 g/mol. The molecule has 0 N–H and O–H groups in total. The van der Waals surface area contributed by atoms with Gasteiger partial charge in [-0.25, -0.2) is 0 Å². The standard InChI is InChI=1S/C16H25N3O/c1-14-3-2-5-17-16(14)12-19-8-6-18(7-9-19)11-15-4-10-20-13-15/h2-3,5,15H,4,6-13H2,1H3/t15-/m0/s1. The Labute approximate surface area is 121 Å². The molecule has 0 aliphatic carbocycles. The van der Waals surface area contributed by atoms with Crippen molar-refractivity contribution < 1.29 is 4.74 Å². The van der Waals surface area contributed by atoms with Gasteiger partial charge in [-0.1, -0.05) is 6.07 Å². The Morgan fingerprint density at radius 2 is 2.05 bits per heavy atom. The first-order valence-electron chi connectivity index (χ1n) is 7.74. The lowest BCUT2D eigenvalue weighted by atomic mass is 10.1. The third-order valence-corrected chi connectivity index (χ3v) is 4.50. The molecule has 1 atom stereocenters. The smallest absolute Gasteiger partial charge is 0.0573 e. The Morgan fingerprint density at radius 1 is 1.25 bits per heavy atom. The van der Waals surface area contributed by atoms with E-state index in [-0.39, 0.29) is 0 Å². The van der Waals surface area contributed by atoms with Crippen molar-refractivity contribution >= 4 is 0 Å². The molecule has 20 heavy (non-hydrogen) atoms. The summed E-state index contributed by atoms with van der Waals surface area (Å²) in [7, 11) is 0.